The number of aromatic amines is 1. The summed E-state index contributed by atoms with van der Waals surface area (Å²) in [5.41, 5.74) is -0.284. The van der Waals surface area contributed by atoms with E-state index >= 15 is 0 Å². The summed E-state index contributed by atoms with van der Waals surface area (Å²) in [4.78, 5) is 14.2. The Kier molecular flexibility index (Phi) is 2.33. The van der Waals surface area contributed by atoms with Gasteiger partial charge in [-0.2, -0.15) is 0 Å². The van der Waals surface area contributed by atoms with Gasteiger partial charge in [0.1, 0.15) is 0 Å². The first-order valence-electron chi connectivity index (χ1n) is 4.51. The Labute approximate surface area is 86.5 Å². The highest BCUT2D eigenvalue weighted by Crippen LogP contribution is 2.27. The molecule has 4 heteroatoms. The molecule has 0 bridgehead atoms. The van der Waals surface area contributed by atoms with Crippen molar-refractivity contribution in [1.29, 1.82) is 0 Å². The molecule has 2 aromatic rings. The van der Waals surface area contributed by atoms with Gasteiger partial charge in [-0.25, -0.2) is 0 Å². The van der Waals surface area contributed by atoms with Gasteiger partial charge in [0.05, 0.1) is 14.2 Å². The zero-order valence-electron chi connectivity index (χ0n) is 8.53. The van der Waals surface area contributed by atoms with Crippen LogP contribution in [0.15, 0.2) is 29.1 Å². The molecule has 1 heterocycles. The van der Waals surface area contributed by atoms with Crippen molar-refractivity contribution in [3.63, 3.8) is 0 Å². The summed E-state index contributed by atoms with van der Waals surface area (Å²) >= 11 is 0. The Morgan fingerprint density at radius 2 is 1.73 bits per heavy atom. The third-order valence-electron chi connectivity index (χ3n) is 2.26. The van der Waals surface area contributed by atoms with E-state index in [1.54, 1.807) is 0 Å². The molecule has 0 atom stereocenters. The van der Waals surface area contributed by atoms with Crippen LogP contribution in [0.3, 0.4) is 0 Å². The fourth-order valence-corrected chi connectivity index (χ4v) is 1.59. The maximum absolute atomic E-state index is 11.6. The second kappa shape index (κ2) is 3.65. The van der Waals surface area contributed by atoms with Gasteiger partial charge in [0.15, 0.2) is 5.75 Å². The maximum atomic E-state index is 11.6. The van der Waals surface area contributed by atoms with E-state index in [-0.39, 0.29) is 5.56 Å². The molecule has 0 fully saturated rings. The highest BCUT2D eigenvalue weighted by molar-refractivity contribution is 5.91. The van der Waals surface area contributed by atoms with Crippen molar-refractivity contribution in [1.82, 2.24) is 4.98 Å². The number of hydrogen-bond donors (Lipinski definition) is 1. The van der Waals surface area contributed by atoms with E-state index in [1.807, 2.05) is 24.3 Å². The molecule has 0 aliphatic carbocycles. The van der Waals surface area contributed by atoms with Crippen LogP contribution < -0.4 is 15.0 Å². The van der Waals surface area contributed by atoms with Gasteiger partial charge in [-0.3, -0.25) is 9.78 Å². The van der Waals surface area contributed by atoms with E-state index in [0.29, 0.717) is 11.6 Å². The van der Waals surface area contributed by atoms with Crippen molar-refractivity contribution < 1.29 is 9.47 Å². The third kappa shape index (κ3) is 1.44. The summed E-state index contributed by atoms with van der Waals surface area (Å²) in [5, 5.41) is 1.58. The first kappa shape index (κ1) is 9.58. The minimum atomic E-state index is -0.284. The molecule has 0 saturated carbocycles. The van der Waals surface area contributed by atoms with Crippen LogP contribution in [0.25, 0.3) is 10.8 Å². The van der Waals surface area contributed by atoms with Crippen LogP contribution >= 0.6 is 0 Å². The van der Waals surface area contributed by atoms with E-state index in [9.17, 15) is 4.79 Å². The van der Waals surface area contributed by atoms with Crippen molar-refractivity contribution in [3.8, 4) is 11.6 Å². The molecule has 0 unspecified atom stereocenters. The molecular formula is C11H11NO3. The number of rotatable bonds is 2. The van der Waals surface area contributed by atoms with Crippen molar-refractivity contribution in [2.24, 2.45) is 0 Å². The van der Waals surface area contributed by atoms with Gasteiger partial charge in [-0.15, -0.1) is 0 Å². The lowest BCUT2D eigenvalue weighted by atomic mass is 10.1. The van der Waals surface area contributed by atoms with Crippen LogP contribution in [0.5, 0.6) is 11.6 Å². The SMILES string of the molecule is COc1[nH]c(=O)c(OC)c2ccccc12. The molecule has 1 N–H and O–H groups in total. The van der Waals surface area contributed by atoms with Crippen molar-refractivity contribution in [3.05, 3.63) is 34.6 Å². The first-order valence-corrected chi connectivity index (χ1v) is 4.51. The minimum Gasteiger partial charge on any atom is -0.491 e. The standard InChI is InChI=1S/C11H11NO3/c1-14-9-7-5-3-4-6-8(7)11(15-2)12-10(9)13/h3-6H,1-2H3,(H,12,13). The fraction of sp³-hybridized carbons (Fsp3) is 0.182. The molecule has 15 heavy (non-hydrogen) atoms. The van der Waals surface area contributed by atoms with Crippen LogP contribution in [0, 0.1) is 0 Å². The van der Waals surface area contributed by atoms with E-state index < -0.39 is 0 Å². The average Bonchev–Trinajstić information content (AvgIpc) is 2.28. The van der Waals surface area contributed by atoms with Gasteiger partial charge in [-0.05, 0) is 6.07 Å². The number of aromatic nitrogens is 1. The molecule has 2 rings (SSSR count). The van der Waals surface area contributed by atoms with Gasteiger partial charge in [0.25, 0.3) is 5.56 Å². The number of fused-ring (bicyclic) bond motifs is 1. The molecule has 0 spiro atoms. The van der Waals surface area contributed by atoms with Crippen LogP contribution in [0.4, 0.5) is 0 Å². The normalized spacial score (nSPS) is 10.3. The second-order valence-electron chi connectivity index (χ2n) is 3.07. The monoisotopic (exact) mass is 205 g/mol. The molecule has 0 aliphatic heterocycles. The number of benzene rings is 1. The van der Waals surface area contributed by atoms with Gasteiger partial charge in [0, 0.05) is 10.8 Å². The largest absolute Gasteiger partial charge is 0.491 e. The lowest BCUT2D eigenvalue weighted by molar-refractivity contribution is 0.391. The van der Waals surface area contributed by atoms with Crippen LogP contribution in [-0.4, -0.2) is 19.2 Å². The number of pyridine rings is 1. The summed E-state index contributed by atoms with van der Waals surface area (Å²) in [7, 11) is 2.99. The van der Waals surface area contributed by atoms with E-state index in [1.165, 1.54) is 14.2 Å². The molecule has 0 radical (unpaired) electrons. The highest BCUT2D eigenvalue weighted by atomic mass is 16.5. The van der Waals surface area contributed by atoms with Gasteiger partial charge in [0.2, 0.25) is 5.88 Å². The number of hydrogen-bond acceptors (Lipinski definition) is 3. The number of methoxy groups -OCH3 is 2. The van der Waals surface area contributed by atoms with Crippen molar-refractivity contribution in [2.45, 2.75) is 0 Å². The van der Waals surface area contributed by atoms with E-state index in [4.69, 9.17) is 9.47 Å². The number of H-pyrrole nitrogens is 1. The molecule has 78 valence electrons. The molecule has 0 aliphatic rings. The van der Waals surface area contributed by atoms with Crippen LogP contribution in [-0.2, 0) is 0 Å². The lowest BCUT2D eigenvalue weighted by Crippen LogP contribution is -2.10. The topological polar surface area (TPSA) is 51.3 Å². The van der Waals surface area contributed by atoms with Crippen molar-refractivity contribution in [2.75, 3.05) is 14.2 Å². The first-order chi connectivity index (χ1) is 7.27. The Hall–Kier alpha value is -1.97. The minimum absolute atomic E-state index is 0.284. The molecule has 1 aromatic heterocycles. The van der Waals surface area contributed by atoms with Crippen LogP contribution in [0.2, 0.25) is 0 Å². The van der Waals surface area contributed by atoms with E-state index in [2.05, 4.69) is 4.98 Å². The summed E-state index contributed by atoms with van der Waals surface area (Å²) in [6.45, 7) is 0. The van der Waals surface area contributed by atoms with Gasteiger partial charge >= 0.3 is 0 Å². The summed E-state index contributed by atoms with van der Waals surface area (Å²) in [6, 6.07) is 7.42. The number of ether oxygens (including phenoxy) is 2. The quantitative estimate of drug-likeness (QED) is 0.809. The predicted molar refractivity (Wildman–Crippen MR) is 57.7 cm³/mol. The van der Waals surface area contributed by atoms with Gasteiger partial charge < -0.3 is 9.47 Å². The summed E-state index contributed by atoms with van der Waals surface area (Å²) in [6.07, 6.45) is 0. The van der Waals surface area contributed by atoms with E-state index in [0.717, 1.165) is 10.8 Å². The lowest BCUT2D eigenvalue weighted by Gasteiger charge is -2.08. The highest BCUT2D eigenvalue weighted by Gasteiger charge is 2.10. The fourth-order valence-electron chi connectivity index (χ4n) is 1.59. The second-order valence-corrected chi connectivity index (χ2v) is 3.07. The number of nitrogens with one attached hydrogen (secondary N) is 1. The predicted octanol–water partition coefficient (Wildman–Crippen LogP) is 1.55. The van der Waals surface area contributed by atoms with Crippen LogP contribution in [0.1, 0.15) is 0 Å². The Morgan fingerprint density at radius 3 is 2.33 bits per heavy atom. The van der Waals surface area contributed by atoms with Gasteiger partial charge in [-0.1, -0.05) is 18.2 Å². The Bertz CT molecular complexity index is 545. The summed E-state index contributed by atoms with van der Waals surface area (Å²) in [5.74, 6) is 0.766. The maximum Gasteiger partial charge on any atom is 0.293 e. The Balaban J connectivity index is 2.92. The zero-order chi connectivity index (χ0) is 10.8. The third-order valence-corrected chi connectivity index (χ3v) is 2.26. The summed E-state index contributed by atoms with van der Waals surface area (Å²) < 4.78 is 10.2. The smallest absolute Gasteiger partial charge is 0.293 e. The molecule has 1 aromatic carbocycles. The Morgan fingerprint density at radius 1 is 1.07 bits per heavy atom. The van der Waals surface area contributed by atoms with Crippen molar-refractivity contribution >= 4 is 10.8 Å². The molecule has 4 nitrogen and oxygen atoms in total. The zero-order valence-corrected chi connectivity index (χ0v) is 8.53. The average molecular weight is 205 g/mol. The molecule has 0 saturated heterocycles. The molecule has 0 amide bonds. The molecular weight excluding hydrogens is 194 g/mol.